The Bertz CT molecular complexity index is 450. The number of methoxy groups -OCH3 is 1. The summed E-state index contributed by atoms with van der Waals surface area (Å²) in [6, 6.07) is 4.90. The number of rotatable bonds is 3. The summed E-state index contributed by atoms with van der Waals surface area (Å²) in [5.41, 5.74) is 0.539. The van der Waals surface area contributed by atoms with Gasteiger partial charge in [0.25, 0.3) is 5.91 Å². The lowest BCUT2D eigenvalue weighted by Crippen LogP contribution is -2.37. The van der Waals surface area contributed by atoms with Crippen LogP contribution in [0.5, 0.6) is 5.75 Å². The molecule has 1 aromatic rings. The molecule has 0 radical (unpaired) electrons. The fourth-order valence-electron chi connectivity index (χ4n) is 2.25. The van der Waals surface area contributed by atoms with E-state index in [4.69, 9.17) is 16.3 Å². The summed E-state index contributed by atoms with van der Waals surface area (Å²) in [4.78, 5) is 14.0. The van der Waals surface area contributed by atoms with Crippen molar-refractivity contribution in [1.82, 2.24) is 4.90 Å². The molecule has 0 aliphatic carbocycles. The zero-order valence-corrected chi connectivity index (χ0v) is 11.0. The molecular formula is C13H16ClNO3. The van der Waals surface area contributed by atoms with Gasteiger partial charge in [0.15, 0.2) is 0 Å². The molecule has 1 fully saturated rings. The van der Waals surface area contributed by atoms with Crippen molar-refractivity contribution in [1.29, 1.82) is 0 Å². The van der Waals surface area contributed by atoms with E-state index in [1.807, 2.05) is 0 Å². The summed E-state index contributed by atoms with van der Waals surface area (Å²) < 4.78 is 5.10. The maximum Gasteiger partial charge on any atom is 0.254 e. The molecule has 1 aliphatic heterocycles. The second kappa shape index (κ2) is 5.59. The van der Waals surface area contributed by atoms with Crippen LogP contribution in [0.2, 0.25) is 5.02 Å². The van der Waals surface area contributed by atoms with Crippen molar-refractivity contribution in [3.05, 3.63) is 28.8 Å². The molecule has 1 atom stereocenters. The number of likely N-dealkylation sites (tertiary alicyclic amines) is 1. The number of carbonyl (C=O) groups excluding carboxylic acids is 1. The van der Waals surface area contributed by atoms with Gasteiger partial charge in [0.05, 0.1) is 24.8 Å². The van der Waals surface area contributed by atoms with E-state index in [0.29, 0.717) is 22.9 Å². The van der Waals surface area contributed by atoms with Gasteiger partial charge >= 0.3 is 0 Å². The van der Waals surface area contributed by atoms with Crippen LogP contribution in [0.4, 0.5) is 0 Å². The van der Waals surface area contributed by atoms with Crippen LogP contribution >= 0.6 is 11.6 Å². The molecule has 1 aliphatic rings. The van der Waals surface area contributed by atoms with E-state index in [0.717, 1.165) is 12.8 Å². The molecule has 0 spiro atoms. The van der Waals surface area contributed by atoms with E-state index in [1.165, 1.54) is 7.11 Å². The Labute approximate surface area is 111 Å². The fourth-order valence-corrected chi connectivity index (χ4v) is 2.45. The van der Waals surface area contributed by atoms with Crippen LogP contribution in [-0.4, -0.2) is 42.2 Å². The van der Waals surface area contributed by atoms with E-state index < -0.39 is 0 Å². The number of carbonyl (C=O) groups is 1. The monoisotopic (exact) mass is 269 g/mol. The average molecular weight is 270 g/mol. The molecule has 2 rings (SSSR count). The first kappa shape index (κ1) is 13.2. The molecule has 4 nitrogen and oxygen atoms in total. The Morgan fingerprint density at radius 1 is 1.61 bits per heavy atom. The number of hydrogen-bond donors (Lipinski definition) is 1. The molecule has 18 heavy (non-hydrogen) atoms. The number of aliphatic hydroxyl groups is 1. The van der Waals surface area contributed by atoms with Gasteiger partial charge in [0.1, 0.15) is 5.75 Å². The molecule has 1 amide bonds. The molecule has 0 aromatic heterocycles. The zero-order valence-electron chi connectivity index (χ0n) is 10.2. The van der Waals surface area contributed by atoms with Crippen LogP contribution in [0.3, 0.4) is 0 Å². The standard InChI is InChI=1S/C13H16ClNO3/c1-18-12-7-9(4-5-11(12)14)13(17)15-6-2-3-10(15)8-16/h4-5,7,10,16H,2-3,6,8H2,1H3/t10-/m0/s1. The molecule has 1 aromatic carbocycles. The van der Waals surface area contributed by atoms with E-state index in [-0.39, 0.29) is 18.6 Å². The van der Waals surface area contributed by atoms with Crippen LogP contribution in [0.15, 0.2) is 18.2 Å². The molecule has 1 heterocycles. The number of nitrogens with zero attached hydrogens (tertiary/aromatic N) is 1. The Kier molecular flexibility index (Phi) is 4.09. The molecule has 1 N–H and O–H groups in total. The van der Waals surface area contributed by atoms with Gasteiger partial charge < -0.3 is 14.7 Å². The number of aliphatic hydroxyl groups excluding tert-OH is 1. The topological polar surface area (TPSA) is 49.8 Å². The SMILES string of the molecule is COc1cc(C(=O)N2CCC[C@H]2CO)ccc1Cl. The summed E-state index contributed by atoms with van der Waals surface area (Å²) in [5.74, 6) is 0.406. The van der Waals surface area contributed by atoms with Gasteiger partial charge in [-0.15, -0.1) is 0 Å². The number of hydrogen-bond acceptors (Lipinski definition) is 3. The normalized spacial score (nSPS) is 19.1. The Morgan fingerprint density at radius 2 is 2.39 bits per heavy atom. The third-order valence-electron chi connectivity index (χ3n) is 3.25. The van der Waals surface area contributed by atoms with Gasteiger partial charge in [-0.05, 0) is 31.0 Å². The number of ether oxygens (including phenoxy) is 1. The van der Waals surface area contributed by atoms with Crippen molar-refractivity contribution in [2.45, 2.75) is 18.9 Å². The third-order valence-corrected chi connectivity index (χ3v) is 3.56. The summed E-state index contributed by atoms with van der Waals surface area (Å²) in [6.07, 6.45) is 1.79. The third kappa shape index (κ3) is 2.44. The van der Waals surface area contributed by atoms with Crippen molar-refractivity contribution in [3.63, 3.8) is 0 Å². The minimum Gasteiger partial charge on any atom is -0.495 e. The van der Waals surface area contributed by atoms with E-state index >= 15 is 0 Å². The summed E-state index contributed by atoms with van der Waals surface area (Å²) in [6.45, 7) is 0.700. The predicted molar refractivity (Wildman–Crippen MR) is 69.1 cm³/mol. The first-order chi connectivity index (χ1) is 8.67. The van der Waals surface area contributed by atoms with Crippen LogP contribution in [0.25, 0.3) is 0 Å². The largest absolute Gasteiger partial charge is 0.495 e. The highest BCUT2D eigenvalue weighted by atomic mass is 35.5. The molecular weight excluding hydrogens is 254 g/mol. The number of amides is 1. The van der Waals surface area contributed by atoms with Gasteiger partial charge in [-0.25, -0.2) is 0 Å². The lowest BCUT2D eigenvalue weighted by molar-refractivity contribution is 0.0677. The second-order valence-electron chi connectivity index (χ2n) is 4.33. The molecule has 0 bridgehead atoms. The summed E-state index contributed by atoms with van der Waals surface area (Å²) >= 11 is 5.93. The molecule has 0 unspecified atom stereocenters. The Hall–Kier alpha value is -1.26. The van der Waals surface area contributed by atoms with E-state index in [2.05, 4.69) is 0 Å². The summed E-state index contributed by atoms with van der Waals surface area (Å²) in [7, 11) is 1.52. The van der Waals surface area contributed by atoms with Gasteiger partial charge in [-0.2, -0.15) is 0 Å². The highest BCUT2D eigenvalue weighted by Gasteiger charge is 2.29. The van der Waals surface area contributed by atoms with Gasteiger partial charge in [-0.1, -0.05) is 11.6 Å². The first-order valence-electron chi connectivity index (χ1n) is 5.92. The minimum absolute atomic E-state index is 0.0104. The van der Waals surface area contributed by atoms with Crippen molar-refractivity contribution < 1.29 is 14.6 Å². The lowest BCUT2D eigenvalue weighted by Gasteiger charge is -2.23. The highest BCUT2D eigenvalue weighted by Crippen LogP contribution is 2.27. The van der Waals surface area contributed by atoms with Crippen molar-refractivity contribution in [2.24, 2.45) is 0 Å². The average Bonchev–Trinajstić information content (AvgIpc) is 2.86. The number of halogens is 1. The van der Waals surface area contributed by atoms with Crippen molar-refractivity contribution >= 4 is 17.5 Å². The molecule has 0 saturated carbocycles. The van der Waals surface area contributed by atoms with E-state index in [9.17, 15) is 9.90 Å². The van der Waals surface area contributed by atoms with Crippen molar-refractivity contribution in [3.8, 4) is 5.75 Å². The Morgan fingerprint density at radius 3 is 3.06 bits per heavy atom. The minimum atomic E-state index is -0.0819. The fraction of sp³-hybridized carbons (Fsp3) is 0.462. The molecule has 98 valence electrons. The maximum atomic E-state index is 12.3. The van der Waals surface area contributed by atoms with E-state index in [1.54, 1.807) is 23.1 Å². The first-order valence-corrected chi connectivity index (χ1v) is 6.30. The quantitative estimate of drug-likeness (QED) is 0.912. The molecule has 1 saturated heterocycles. The second-order valence-corrected chi connectivity index (χ2v) is 4.73. The van der Waals surface area contributed by atoms with Crippen LogP contribution in [0, 0.1) is 0 Å². The van der Waals surface area contributed by atoms with Crippen LogP contribution in [-0.2, 0) is 0 Å². The smallest absolute Gasteiger partial charge is 0.254 e. The van der Waals surface area contributed by atoms with Gasteiger partial charge in [0, 0.05) is 12.1 Å². The van der Waals surface area contributed by atoms with Gasteiger partial charge in [-0.3, -0.25) is 4.79 Å². The number of benzene rings is 1. The maximum absolute atomic E-state index is 12.3. The zero-order chi connectivity index (χ0) is 13.1. The lowest BCUT2D eigenvalue weighted by atomic mass is 10.1. The van der Waals surface area contributed by atoms with Crippen molar-refractivity contribution in [2.75, 3.05) is 20.3 Å². The molecule has 5 heteroatoms. The van der Waals surface area contributed by atoms with Crippen LogP contribution < -0.4 is 4.74 Å². The highest BCUT2D eigenvalue weighted by molar-refractivity contribution is 6.32. The van der Waals surface area contributed by atoms with Crippen LogP contribution in [0.1, 0.15) is 23.2 Å². The van der Waals surface area contributed by atoms with Gasteiger partial charge in [0.2, 0.25) is 0 Å². The summed E-state index contributed by atoms with van der Waals surface area (Å²) in [5, 5.41) is 9.72. The Balaban J connectivity index is 2.23. The predicted octanol–water partition coefficient (Wildman–Crippen LogP) is 1.95.